The predicted molar refractivity (Wildman–Crippen MR) is 132 cm³/mol. The molecule has 0 saturated heterocycles. The van der Waals surface area contributed by atoms with E-state index >= 15 is 0 Å². The molecule has 0 spiro atoms. The summed E-state index contributed by atoms with van der Waals surface area (Å²) in [6.45, 7) is 2.34. The standard InChI is InChI=1S/C27H26N4OS/c32-26(30-16-15-23-13-7-8-14-24(23)19-30)20-31(18-22-11-5-2-6-12-22)27-28-25(29-33-27)17-21-9-3-1-4-10-21/h1-14H,15-20H2. The summed E-state index contributed by atoms with van der Waals surface area (Å²) in [7, 11) is 0. The predicted octanol–water partition coefficient (Wildman–Crippen LogP) is 4.72. The van der Waals surface area contributed by atoms with E-state index < -0.39 is 0 Å². The summed E-state index contributed by atoms with van der Waals surface area (Å²) < 4.78 is 4.59. The molecular weight excluding hydrogens is 428 g/mol. The molecule has 166 valence electrons. The fraction of sp³-hybridized carbons (Fsp3) is 0.222. The van der Waals surface area contributed by atoms with E-state index in [0.29, 0.717) is 19.5 Å². The molecule has 0 bridgehead atoms. The van der Waals surface area contributed by atoms with Crippen molar-refractivity contribution in [3.63, 3.8) is 0 Å². The van der Waals surface area contributed by atoms with Crippen molar-refractivity contribution >= 4 is 22.6 Å². The molecule has 0 fully saturated rings. The molecule has 0 radical (unpaired) electrons. The number of nitrogens with zero attached hydrogens (tertiary/aromatic N) is 4. The van der Waals surface area contributed by atoms with Crippen molar-refractivity contribution in [3.05, 3.63) is 113 Å². The maximum absolute atomic E-state index is 13.3. The van der Waals surface area contributed by atoms with Crippen LogP contribution in [0.5, 0.6) is 0 Å². The molecule has 2 heterocycles. The largest absolute Gasteiger partial charge is 0.336 e. The SMILES string of the molecule is O=C(CN(Cc1ccccc1)c1nc(Cc2ccccc2)ns1)N1CCc2ccccc2C1. The van der Waals surface area contributed by atoms with E-state index in [1.165, 1.54) is 28.2 Å². The van der Waals surface area contributed by atoms with Crippen LogP contribution in [0.4, 0.5) is 5.13 Å². The summed E-state index contributed by atoms with van der Waals surface area (Å²) in [6, 6.07) is 28.9. The average Bonchev–Trinajstić information content (AvgIpc) is 3.33. The van der Waals surface area contributed by atoms with Gasteiger partial charge >= 0.3 is 0 Å². The number of anilines is 1. The molecule has 3 aromatic carbocycles. The molecule has 5 nitrogen and oxygen atoms in total. The van der Waals surface area contributed by atoms with Crippen LogP contribution in [0.1, 0.15) is 28.1 Å². The zero-order chi connectivity index (χ0) is 22.5. The Hall–Kier alpha value is -3.51. The molecule has 0 aliphatic carbocycles. The minimum absolute atomic E-state index is 0.125. The normalized spacial score (nSPS) is 12.9. The Morgan fingerprint density at radius 3 is 2.30 bits per heavy atom. The van der Waals surface area contributed by atoms with Crippen LogP contribution >= 0.6 is 11.5 Å². The van der Waals surface area contributed by atoms with Crippen LogP contribution in [0.15, 0.2) is 84.9 Å². The van der Waals surface area contributed by atoms with Gasteiger partial charge in [-0.1, -0.05) is 84.9 Å². The van der Waals surface area contributed by atoms with Crippen LogP contribution in [0.3, 0.4) is 0 Å². The molecule has 1 aromatic heterocycles. The number of fused-ring (bicyclic) bond motifs is 1. The van der Waals surface area contributed by atoms with Gasteiger partial charge in [-0.3, -0.25) is 4.79 Å². The highest BCUT2D eigenvalue weighted by molar-refractivity contribution is 7.09. The third-order valence-electron chi connectivity index (χ3n) is 5.96. The van der Waals surface area contributed by atoms with Crippen molar-refractivity contribution in [2.24, 2.45) is 0 Å². The highest BCUT2D eigenvalue weighted by Crippen LogP contribution is 2.23. The molecule has 5 rings (SSSR count). The maximum Gasteiger partial charge on any atom is 0.242 e. The highest BCUT2D eigenvalue weighted by atomic mass is 32.1. The molecule has 6 heteroatoms. The van der Waals surface area contributed by atoms with Gasteiger partial charge in [-0.2, -0.15) is 4.37 Å². The summed E-state index contributed by atoms with van der Waals surface area (Å²) in [5.41, 5.74) is 4.92. The maximum atomic E-state index is 13.3. The highest BCUT2D eigenvalue weighted by Gasteiger charge is 2.24. The van der Waals surface area contributed by atoms with Gasteiger partial charge in [-0.15, -0.1) is 0 Å². The smallest absolute Gasteiger partial charge is 0.242 e. The van der Waals surface area contributed by atoms with Crippen LogP contribution in [0.2, 0.25) is 0 Å². The van der Waals surface area contributed by atoms with Crippen molar-refractivity contribution in [1.82, 2.24) is 14.3 Å². The molecule has 33 heavy (non-hydrogen) atoms. The Kier molecular flexibility index (Phi) is 6.44. The van der Waals surface area contributed by atoms with Crippen LogP contribution in [0.25, 0.3) is 0 Å². The van der Waals surface area contributed by atoms with Crippen molar-refractivity contribution in [1.29, 1.82) is 0 Å². The minimum atomic E-state index is 0.125. The van der Waals surface area contributed by atoms with Crippen LogP contribution in [-0.2, 0) is 30.7 Å². The third kappa shape index (κ3) is 5.29. The van der Waals surface area contributed by atoms with Gasteiger partial charge in [-0.05, 0) is 28.7 Å². The van der Waals surface area contributed by atoms with E-state index in [9.17, 15) is 4.79 Å². The first-order valence-corrected chi connectivity index (χ1v) is 12.0. The molecular formula is C27H26N4OS. The molecule has 1 amide bonds. The van der Waals surface area contributed by atoms with E-state index in [1.54, 1.807) is 0 Å². The zero-order valence-corrected chi connectivity index (χ0v) is 19.2. The first-order valence-electron chi connectivity index (χ1n) is 11.2. The number of benzene rings is 3. The lowest BCUT2D eigenvalue weighted by Crippen LogP contribution is -2.42. The number of carbonyl (C=O) groups excluding carboxylic acids is 1. The number of hydrogen-bond acceptors (Lipinski definition) is 5. The fourth-order valence-electron chi connectivity index (χ4n) is 4.19. The van der Waals surface area contributed by atoms with Crippen LogP contribution in [-0.4, -0.2) is 33.3 Å². The molecule has 0 saturated carbocycles. The van der Waals surface area contributed by atoms with Gasteiger partial charge in [0.1, 0.15) is 5.82 Å². The topological polar surface area (TPSA) is 49.3 Å². The first-order chi connectivity index (χ1) is 16.2. The summed E-state index contributed by atoms with van der Waals surface area (Å²) in [6.07, 6.45) is 1.59. The lowest BCUT2D eigenvalue weighted by atomic mass is 10.00. The quantitative estimate of drug-likeness (QED) is 0.405. The van der Waals surface area contributed by atoms with Crippen molar-refractivity contribution in [3.8, 4) is 0 Å². The fourth-order valence-corrected chi connectivity index (χ4v) is 4.87. The van der Waals surface area contributed by atoms with E-state index in [0.717, 1.165) is 29.5 Å². The molecule has 0 atom stereocenters. The number of carbonyl (C=O) groups is 1. The second-order valence-electron chi connectivity index (χ2n) is 8.33. The summed E-state index contributed by atoms with van der Waals surface area (Å²) in [5, 5.41) is 0.788. The van der Waals surface area contributed by atoms with E-state index in [1.807, 2.05) is 47.4 Å². The summed E-state index contributed by atoms with van der Waals surface area (Å²) >= 11 is 1.37. The molecule has 0 unspecified atom stereocenters. The Morgan fingerprint density at radius 2 is 1.55 bits per heavy atom. The Balaban J connectivity index is 1.33. The van der Waals surface area contributed by atoms with Crippen LogP contribution in [0, 0.1) is 0 Å². The Labute approximate surface area is 198 Å². The minimum Gasteiger partial charge on any atom is -0.336 e. The van der Waals surface area contributed by atoms with Crippen molar-refractivity contribution in [2.45, 2.75) is 25.9 Å². The lowest BCUT2D eigenvalue weighted by molar-refractivity contribution is -0.130. The molecule has 4 aromatic rings. The average molecular weight is 455 g/mol. The van der Waals surface area contributed by atoms with E-state index in [-0.39, 0.29) is 12.5 Å². The van der Waals surface area contributed by atoms with Gasteiger partial charge < -0.3 is 9.80 Å². The van der Waals surface area contributed by atoms with E-state index in [2.05, 4.69) is 51.7 Å². The number of rotatable bonds is 7. The van der Waals surface area contributed by atoms with E-state index in [4.69, 9.17) is 4.98 Å². The molecule has 1 aliphatic heterocycles. The van der Waals surface area contributed by atoms with Crippen molar-refractivity contribution < 1.29 is 4.79 Å². The first kappa shape index (κ1) is 21.3. The zero-order valence-electron chi connectivity index (χ0n) is 18.4. The van der Waals surface area contributed by atoms with Gasteiger partial charge in [0.05, 0.1) is 6.54 Å². The number of amides is 1. The summed E-state index contributed by atoms with van der Waals surface area (Å²) in [5.74, 6) is 0.916. The summed E-state index contributed by atoms with van der Waals surface area (Å²) in [4.78, 5) is 22.1. The van der Waals surface area contributed by atoms with Crippen LogP contribution < -0.4 is 4.90 Å². The second-order valence-corrected chi connectivity index (χ2v) is 9.06. The second kappa shape index (κ2) is 9.96. The van der Waals surface area contributed by atoms with Gasteiger partial charge in [-0.25, -0.2) is 4.98 Å². The third-order valence-corrected chi connectivity index (χ3v) is 6.77. The Bertz CT molecular complexity index is 1210. The van der Waals surface area contributed by atoms with Crippen molar-refractivity contribution in [2.75, 3.05) is 18.0 Å². The number of aromatic nitrogens is 2. The molecule has 1 aliphatic rings. The molecule has 0 N–H and O–H groups in total. The lowest BCUT2D eigenvalue weighted by Gasteiger charge is -2.31. The van der Waals surface area contributed by atoms with Gasteiger partial charge in [0.2, 0.25) is 11.0 Å². The monoisotopic (exact) mass is 454 g/mol. The van der Waals surface area contributed by atoms with Gasteiger partial charge in [0.25, 0.3) is 0 Å². The Morgan fingerprint density at radius 1 is 0.879 bits per heavy atom. The van der Waals surface area contributed by atoms with Gasteiger partial charge in [0.15, 0.2) is 0 Å². The van der Waals surface area contributed by atoms with Gasteiger partial charge in [0, 0.05) is 37.6 Å². The number of hydrogen-bond donors (Lipinski definition) is 0.